The summed E-state index contributed by atoms with van der Waals surface area (Å²) in [4.78, 5) is 20.1. The molecule has 2 atom stereocenters. The molecule has 2 unspecified atom stereocenters. The Labute approximate surface area is 167 Å². The molecule has 1 fully saturated rings. The number of rotatable bonds is 4. The van der Waals surface area contributed by atoms with Crippen LogP contribution in [0.3, 0.4) is 0 Å². The second kappa shape index (κ2) is 7.83. The highest BCUT2D eigenvalue weighted by Crippen LogP contribution is 2.36. The van der Waals surface area contributed by atoms with Gasteiger partial charge in [0.05, 0.1) is 20.9 Å². The molecule has 0 amide bonds. The third-order valence-electron chi connectivity index (χ3n) is 5.14. The molecular weight excluding hydrogens is 381 g/mol. The van der Waals surface area contributed by atoms with Crippen molar-refractivity contribution in [3.63, 3.8) is 0 Å². The molecule has 2 aromatic carbocycles. The number of hydrogen-bond acceptors (Lipinski definition) is 4. The van der Waals surface area contributed by atoms with Crippen molar-refractivity contribution >= 4 is 46.2 Å². The van der Waals surface area contributed by atoms with Gasteiger partial charge in [-0.2, -0.15) is 0 Å². The molecule has 0 bridgehead atoms. The number of benzene rings is 2. The van der Waals surface area contributed by atoms with E-state index >= 15 is 0 Å². The van der Waals surface area contributed by atoms with E-state index in [1.165, 1.54) is 0 Å². The maximum atomic E-state index is 11.2. The lowest BCUT2D eigenvalue weighted by molar-refractivity contribution is -0.111. The summed E-state index contributed by atoms with van der Waals surface area (Å²) in [5.74, 6) is 0.914. The van der Waals surface area contributed by atoms with Crippen LogP contribution in [0, 0.1) is 5.92 Å². The second-order valence-electron chi connectivity index (χ2n) is 6.95. The molecule has 4 rings (SSSR count). The third-order valence-corrected chi connectivity index (χ3v) is 5.88. The number of nitrogens with one attached hydrogen (secondary N) is 1. The predicted molar refractivity (Wildman–Crippen MR) is 110 cm³/mol. The van der Waals surface area contributed by atoms with Crippen LogP contribution in [0.2, 0.25) is 10.0 Å². The van der Waals surface area contributed by atoms with Crippen LogP contribution in [0.4, 0.5) is 5.82 Å². The molecule has 1 aliphatic carbocycles. The van der Waals surface area contributed by atoms with Crippen molar-refractivity contribution in [1.82, 2.24) is 9.97 Å². The highest BCUT2D eigenvalue weighted by molar-refractivity contribution is 6.42. The molecular formula is C21H19Cl2N3O. The lowest BCUT2D eigenvalue weighted by Gasteiger charge is -2.27. The Bertz CT molecular complexity index is 987. The van der Waals surface area contributed by atoms with E-state index in [0.29, 0.717) is 10.0 Å². The summed E-state index contributed by atoms with van der Waals surface area (Å²) < 4.78 is 0. The Kier molecular flexibility index (Phi) is 5.28. The maximum Gasteiger partial charge on any atom is 0.138 e. The van der Waals surface area contributed by atoms with Gasteiger partial charge in [0.1, 0.15) is 18.4 Å². The summed E-state index contributed by atoms with van der Waals surface area (Å²) in [5, 5.41) is 5.54. The van der Waals surface area contributed by atoms with E-state index in [-0.39, 0.29) is 12.0 Å². The average Bonchev–Trinajstić information content (AvgIpc) is 2.70. The first kappa shape index (κ1) is 18.2. The van der Waals surface area contributed by atoms with Gasteiger partial charge in [-0.3, -0.25) is 0 Å². The minimum atomic E-state index is 0.124. The number of carbonyl (C=O) groups excluding carboxylic acids is 1. The fourth-order valence-electron chi connectivity index (χ4n) is 3.80. The van der Waals surface area contributed by atoms with E-state index in [0.717, 1.165) is 59.8 Å². The summed E-state index contributed by atoms with van der Waals surface area (Å²) in [6, 6.07) is 11.8. The van der Waals surface area contributed by atoms with E-state index < -0.39 is 0 Å². The second-order valence-corrected chi connectivity index (χ2v) is 7.77. The van der Waals surface area contributed by atoms with Crippen molar-refractivity contribution in [3.8, 4) is 11.1 Å². The smallest absolute Gasteiger partial charge is 0.138 e. The van der Waals surface area contributed by atoms with Gasteiger partial charge in [-0.25, -0.2) is 9.97 Å². The zero-order valence-corrected chi connectivity index (χ0v) is 16.2. The first-order valence-electron chi connectivity index (χ1n) is 9.06. The maximum absolute atomic E-state index is 11.2. The van der Waals surface area contributed by atoms with Crippen molar-refractivity contribution in [2.24, 2.45) is 5.92 Å². The number of aldehydes is 1. The molecule has 3 aromatic rings. The number of hydrogen-bond donors (Lipinski definition) is 1. The Morgan fingerprint density at radius 1 is 1.07 bits per heavy atom. The van der Waals surface area contributed by atoms with Gasteiger partial charge in [0.15, 0.2) is 0 Å². The molecule has 1 aliphatic rings. The average molecular weight is 400 g/mol. The summed E-state index contributed by atoms with van der Waals surface area (Å²) in [6.45, 7) is 0. The molecule has 1 heterocycles. The van der Waals surface area contributed by atoms with Gasteiger partial charge in [0.2, 0.25) is 0 Å². The van der Waals surface area contributed by atoms with Gasteiger partial charge in [-0.1, -0.05) is 47.8 Å². The number of aromatic nitrogens is 2. The van der Waals surface area contributed by atoms with Crippen LogP contribution in [0.25, 0.3) is 22.0 Å². The minimum absolute atomic E-state index is 0.124. The molecule has 1 aromatic heterocycles. The molecule has 1 saturated carbocycles. The Morgan fingerprint density at radius 3 is 2.78 bits per heavy atom. The fourth-order valence-corrected chi connectivity index (χ4v) is 4.10. The summed E-state index contributed by atoms with van der Waals surface area (Å²) in [7, 11) is 0. The van der Waals surface area contributed by atoms with Crippen LogP contribution in [0.15, 0.2) is 42.7 Å². The van der Waals surface area contributed by atoms with Crippen molar-refractivity contribution in [2.45, 2.75) is 31.7 Å². The molecule has 0 saturated heterocycles. The lowest BCUT2D eigenvalue weighted by atomic mass is 9.86. The van der Waals surface area contributed by atoms with Gasteiger partial charge in [-0.05, 0) is 48.6 Å². The quantitative estimate of drug-likeness (QED) is 0.565. The molecule has 0 aliphatic heterocycles. The van der Waals surface area contributed by atoms with Crippen LogP contribution in [-0.4, -0.2) is 22.3 Å². The lowest BCUT2D eigenvalue weighted by Crippen LogP contribution is -2.28. The molecule has 4 nitrogen and oxygen atoms in total. The number of anilines is 1. The molecule has 0 radical (unpaired) electrons. The fraction of sp³-hybridized carbons (Fsp3) is 0.286. The monoisotopic (exact) mass is 399 g/mol. The highest BCUT2D eigenvalue weighted by atomic mass is 35.5. The van der Waals surface area contributed by atoms with E-state index in [1.54, 1.807) is 12.4 Å². The topological polar surface area (TPSA) is 54.9 Å². The van der Waals surface area contributed by atoms with Gasteiger partial charge >= 0.3 is 0 Å². The standard InChI is InChI=1S/C21H19Cl2N3O/c22-17-8-7-14(10-18(17)23)16-5-2-6-19-20(16)21(25-12-24-19)26-15-4-1-3-13(9-15)11-27/h2,5-8,10-13,15H,1,3-4,9H2,(H,24,25,26). The van der Waals surface area contributed by atoms with Crippen LogP contribution in [0.1, 0.15) is 25.7 Å². The van der Waals surface area contributed by atoms with E-state index in [9.17, 15) is 4.79 Å². The first-order chi connectivity index (χ1) is 13.2. The van der Waals surface area contributed by atoms with Gasteiger partial charge in [-0.15, -0.1) is 0 Å². The zero-order chi connectivity index (χ0) is 18.8. The van der Waals surface area contributed by atoms with Crippen LogP contribution < -0.4 is 5.32 Å². The van der Waals surface area contributed by atoms with E-state index in [4.69, 9.17) is 23.2 Å². The summed E-state index contributed by atoms with van der Waals surface area (Å²) in [5.41, 5.74) is 2.82. The van der Waals surface area contributed by atoms with Gasteiger partial charge < -0.3 is 10.1 Å². The molecule has 6 heteroatoms. The number of halogens is 2. The van der Waals surface area contributed by atoms with Crippen LogP contribution in [-0.2, 0) is 4.79 Å². The van der Waals surface area contributed by atoms with Crippen LogP contribution in [0.5, 0.6) is 0 Å². The van der Waals surface area contributed by atoms with Gasteiger partial charge in [0.25, 0.3) is 0 Å². The van der Waals surface area contributed by atoms with Crippen LogP contribution >= 0.6 is 23.2 Å². The summed E-state index contributed by atoms with van der Waals surface area (Å²) in [6.07, 6.45) is 6.54. The largest absolute Gasteiger partial charge is 0.367 e. The van der Waals surface area contributed by atoms with E-state index in [2.05, 4.69) is 15.3 Å². The highest BCUT2D eigenvalue weighted by Gasteiger charge is 2.23. The van der Waals surface area contributed by atoms with Gasteiger partial charge in [0, 0.05) is 12.0 Å². The minimum Gasteiger partial charge on any atom is -0.367 e. The molecule has 0 spiro atoms. The number of carbonyl (C=O) groups is 1. The number of nitrogens with zero attached hydrogens (tertiary/aromatic N) is 2. The summed E-state index contributed by atoms with van der Waals surface area (Å²) >= 11 is 12.3. The van der Waals surface area contributed by atoms with Crippen molar-refractivity contribution < 1.29 is 4.79 Å². The van der Waals surface area contributed by atoms with Crippen molar-refractivity contribution in [3.05, 3.63) is 52.8 Å². The normalized spacial score (nSPS) is 19.8. The Hall–Kier alpha value is -2.17. The SMILES string of the molecule is O=CC1CCCC(Nc2ncnc3cccc(-c4ccc(Cl)c(Cl)c4)c23)C1. The molecule has 27 heavy (non-hydrogen) atoms. The Balaban J connectivity index is 1.77. The first-order valence-corrected chi connectivity index (χ1v) is 9.82. The Morgan fingerprint density at radius 2 is 1.96 bits per heavy atom. The zero-order valence-electron chi connectivity index (χ0n) is 14.7. The molecule has 1 N–H and O–H groups in total. The van der Waals surface area contributed by atoms with Crippen molar-refractivity contribution in [2.75, 3.05) is 5.32 Å². The predicted octanol–water partition coefficient (Wildman–Crippen LogP) is 5.77. The van der Waals surface area contributed by atoms with Crippen molar-refractivity contribution in [1.29, 1.82) is 0 Å². The molecule has 138 valence electrons. The third kappa shape index (κ3) is 3.78. The van der Waals surface area contributed by atoms with E-state index in [1.807, 2.05) is 30.3 Å². The number of fused-ring (bicyclic) bond motifs is 1.